The van der Waals surface area contributed by atoms with Crippen molar-refractivity contribution in [2.45, 2.75) is 75.7 Å². The maximum Gasteiger partial charge on any atom is 0.325 e. The van der Waals surface area contributed by atoms with Crippen LogP contribution in [0.1, 0.15) is 57.8 Å². The van der Waals surface area contributed by atoms with Gasteiger partial charge in [0.1, 0.15) is 0 Å². The van der Waals surface area contributed by atoms with Crippen LogP contribution in [0.2, 0.25) is 18.1 Å². The van der Waals surface area contributed by atoms with E-state index in [0.717, 1.165) is 31.4 Å². The molecule has 8 nitrogen and oxygen atoms in total. The highest BCUT2D eigenvalue weighted by atomic mass is 28.4. The summed E-state index contributed by atoms with van der Waals surface area (Å²) < 4.78 is 6.55. The Morgan fingerprint density at radius 1 is 1.08 bits per heavy atom. The first-order valence-corrected chi connectivity index (χ1v) is 17.0. The second kappa shape index (κ2) is 11.1. The Morgan fingerprint density at radius 3 is 2.23 bits per heavy atom. The molecule has 2 fully saturated rings. The van der Waals surface area contributed by atoms with Gasteiger partial charge in [-0.15, -0.1) is 0 Å². The van der Waals surface area contributed by atoms with Crippen molar-refractivity contribution in [2.75, 3.05) is 45.7 Å². The van der Waals surface area contributed by atoms with Crippen LogP contribution in [0.4, 0.5) is 10.5 Å². The van der Waals surface area contributed by atoms with Crippen LogP contribution in [-0.2, 0) is 9.96 Å². The third kappa shape index (κ3) is 5.67. The van der Waals surface area contributed by atoms with Crippen molar-refractivity contribution in [3.63, 3.8) is 0 Å². The third-order valence-electron chi connectivity index (χ3n) is 9.46. The third-order valence-corrected chi connectivity index (χ3v) is 14.0. The van der Waals surface area contributed by atoms with Gasteiger partial charge in [-0.2, -0.15) is 0 Å². The lowest BCUT2D eigenvalue weighted by molar-refractivity contribution is 0.0222. The molecule has 1 saturated carbocycles. The van der Waals surface area contributed by atoms with Crippen molar-refractivity contribution in [1.29, 1.82) is 0 Å². The molecule has 39 heavy (non-hydrogen) atoms. The number of hydrogen-bond acceptors (Lipinski definition) is 6. The van der Waals surface area contributed by atoms with Gasteiger partial charge in [-0.25, -0.2) is 14.8 Å². The van der Waals surface area contributed by atoms with Gasteiger partial charge in [0.15, 0.2) is 14.1 Å². The van der Waals surface area contributed by atoms with Gasteiger partial charge >= 0.3 is 6.03 Å². The molecule has 0 N–H and O–H groups in total. The van der Waals surface area contributed by atoms with Gasteiger partial charge in [0.05, 0.1) is 43.0 Å². The van der Waals surface area contributed by atoms with E-state index in [-0.39, 0.29) is 22.1 Å². The predicted octanol–water partition coefficient (Wildman–Crippen LogP) is 5.56. The molecule has 1 aliphatic carbocycles. The standard InChI is InChI=1S/C30H46N6O2Si/c1-28(2,3)39(7,8)38-19-18-36-27(37)35(25-20-32-26(22-31-4)33-21-25)23-29(36)14-16-30(17-15-29,34(5)6)24-12-10-9-11-13-24/h9-13,20-22H,14-19,23H2,1-8H3. The van der Waals surface area contributed by atoms with E-state index in [0.29, 0.717) is 25.5 Å². The molecule has 2 heterocycles. The summed E-state index contributed by atoms with van der Waals surface area (Å²) in [5.74, 6) is 0.540. The number of aliphatic imine (C=N–C) groups is 1. The minimum absolute atomic E-state index is 0.0198. The molecule has 9 heteroatoms. The summed E-state index contributed by atoms with van der Waals surface area (Å²) in [5, 5.41) is 0.123. The second-order valence-corrected chi connectivity index (χ2v) is 17.6. The summed E-state index contributed by atoms with van der Waals surface area (Å²) >= 11 is 0. The second-order valence-electron chi connectivity index (χ2n) is 12.8. The molecule has 2 aliphatic rings. The van der Waals surface area contributed by atoms with Crippen molar-refractivity contribution in [1.82, 2.24) is 19.8 Å². The normalized spacial score (nSPS) is 24.5. The molecule has 2 amide bonds. The number of urea groups is 1. The smallest absolute Gasteiger partial charge is 0.325 e. The molecule has 0 atom stereocenters. The van der Waals surface area contributed by atoms with E-state index in [1.807, 2.05) is 4.90 Å². The molecule has 0 unspecified atom stereocenters. The van der Waals surface area contributed by atoms with Crippen LogP contribution < -0.4 is 4.90 Å². The monoisotopic (exact) mass is 550 g/mol. The molecule has 0 bridgehead atoms. The Balaban J connectivity index is 1.61. The number of amides is 2. The quantitative estimate of drug-likeness (QED) is 0.318. The van der Waals surface area contributed by atoms with Crippen molar-refractivity contribution >= 4 is 26.3 Å². The molecule has 1 saturated heterocycles. The molecule has 1 aliphatic heterocycles. The molecule has 1 aromatic carbocycles. The molecule has 1 aromatic heterocycles. The lowest BCUT2D eigenvalue weighted by atomic mass is 9.68. The van der Waals surface area contributed by atoms with E-state index in [1.54, 1.807) is 25.7 Å². The molecular formula is C30H46N6O2Si. The largest absolute Gasteiger partial charge is 0.415 e. The van der Waals surface area contributed by atoms with Crippen LogP contribution in [0.15, 0.2) is 47.7 Å². The minimum Gasteiger partial charge on any atom is -0.415 e. The average Bonchev–Trinajstić information content (AvgIpc) is 3.16. The van der Waals surface area contributed by atoms with Gasteiger partial charge in [0.2, 0.25) is 0 Å². The number of anilines is 1. The Labute approximate surface area is 235 Å². The summed E-state index contributed by atoms with van der Waals surface area (Å²) in [6, 6.07) is 10.8. The lowest BCUT2D eigenvalue weighted by Crippen LogP contribution is -2.56. The Hall–Kier alpha value is -2.62. The predicted molar refractivity (Wildman–Crippen MR) is 161 cm³/mol. The van der Waals surface area contributed by atoms with Crippen molar-refractivity contribution in [2.24, 2.45) is 4.99 Å². The van der Waals surface area contributed by atoms with Crippen LogP contribution in [0.3, 0.4) is 0 Å². The van der Waals surface area contributed by atoms with Crippen LogP contribution in [0, 0.1) is 0 Å². The number of aromatic nitrogens is 2. The fourth-order valence-corrected chi connectivity index (χ4v) is 6.93. The van der Waals surface area contributed by atoms with Crippen molar-refractivity contribution in [3.8, 4) is 0 Å². The average molecular weight is 551 g/mol. The zero-order valence-electron chi connectivity index (χ0n) is 25.1. The highest BCUT2D eigenvalue weighted by Crippen LogP contribution is 2.49. The highest BCUT2D eigenvalue weighted by Gasteiger charge is 2.55. The Morgan fingerprint density at radius 2 is 1.69 bits per heavy atom. The number of nitrogens with zero attached hydrogens (tertiary/aromatic N) is 6. The molecule has 1 spiro atoms. The summed E-state index contributed by atoms with van der Waals surface area (Å²) in [7, 11) is 4.13. The zero-order valence-corrected chi connectivity index (χ0v) is 26.1. The SMILES string of the molecule is CN=Cc1ncc(N2CC3(CCC(c4ccccc4)(N(C)C)CC3)N(CCO[Si](C)(C)C(C)(C)C)C2=O)cn1. The van der Waals surface area contributed by atoms with Gasteiger partial charge in [0.25, 0.3) is 0 Å². The van der Waals surface area contributed by atoms with Gasteiger partial charge in [-0.05, 0) is 63.5 Å². The summed E-state index contributed by atoms with van der Waals surface area (Å²) in [6.07, 6.45) is 8.89. The number of rotatable bonds is 8. The molecule has 2 aromatic rings. The van der Waals surface area contributed by atoms with E-state index in [1.165, 1.54) is 5.56 Å². The topological polar surface area (TPSA) is 74.2 Å². The minimum atomic E-state index is -1.93. The number of carbonyl (C=O) groups excluding carboxylic acids is 1. The first kappa shape index (κ1) is 29.4. The molecule has 4 rings (SSSR count). The molecular weight excluding hydrogens is 504 g/mol. The van der Waals surface area contributed by atoms with E-state index in [9.17, 15) is 4.79 Å². The summed E-state index contributed by atoms with van der Waals surface area (Å²) in [6.45, 7) is 13.1. The maximum absolute atomic E-state index is 14.0. The molecule has 0 radical (unpaired) electrons. The lowest BCUT2D eigenvalue weighted by Gasteiger charge is -2.51. The summed E-state index contributed by atoms with van der Waals surface area (Å²) in [5.41, 5.74) is 1.77. The van der Waals surface area contributed by atoms with Crippen molar-refractivity contribution < 1.29 is 9.22 Å². The van der Waals surface area contributed by atoms with Crippen LogP contribution >= 0.6 is 0 Å². The Bertz CT molecular complexity index is 1150. The zero-order chi connectivity index (χ0) is 28.5. The maximum atomic E-state index is 14.0. The first-order chi connectivity index (χ1) is 18.4. The van der Waals surface area contributed by atoms with Crippen LogP contribution in [0.5, 0.6) is 0 Å². The fourth-order valence-electron chi connectivity index (χ4n) is 5.89. The number of benzene rings is 1. The van der Waals surface area contributed by atoms with Crippen molar-refractivity contribution in [3.05, 3.63) is 54.1 Å². The van der Waals surface area contributed by atoms with E-state index < -0.39 is 8.32 Å². The molecule has 212 valence electrons. The number of carbonyl (C=O) groups is 1. The van der Waals surface area contributed by atoms with Gasteiger partial charge in [0, 0.05) is 19.1 Å². The first-order valence-electron chi connectivity index (χ1n) is 14.1. The van der Waals surface area contributed by atoms with E-state index in [4.69, 9.17) is 4.43 Å². The van der Waals surface area contributed by atoms with E-state index >= 15 is 0 Å². The van der Waals surface area contributed by atoms with E-state index in [2.05, 4.69) is 103 Å². The van der Waals surface area contributed by atoms with Crippen LogP contribution in [0.25, 0.3) is 0 Å². The van der Waals surface area contributed by atoms with Crippen LogP contribution in [-0.4, -0.2) is 86.7 Å². The van der Waals surface area contributed by atoms with Gasteiger partial charge in [-0.3, -0.25) is 14.8 Å². The Kier molecular flexibility index (Phi) is 8.36. The fraction of sp³-hybridized carbons (Fsp3) is 0.600. The highest BCUT2D eigenvalue weighted by molar-refractivity contribution is 6.74. The van der Waals surface area contributed by atoms with Gasteiger partial charge in [-0.1, -0.05) is 51.1 Å². The summed E-state index contributed by atoms with van der Waals surface area (Å²) in [4.78, 5) is 33.2. The van der Waals surface area contributed by atoms with Gasteiger partial charge < -0.3 is 9.33 Å². The number of hydrogen-bond donors (Lipinski definition) is 0.